The predicted molar refractivity (Wildman–Crippen MR) is 132 cm³/mol. The maximum absolute atomic E-state index is 13.1. The molecule has 10 heteroatoms. The normalized spacial score (nSPS) is 11.6. The first kappa shape index (κ1) is 25.4. The van der Waals surface area contributed by atoms with Gasteiger partial charge in [0.05, 0.1) is 25.7 Å². The van der Waals surface area contributed by atoms with Gasteiger partial charge >= 0.3 is 6.16 Å². The van der Waals surface area contributed by atoms with Crippen LogP contribution in [0.25, 0.3) is 0 Å². The number of carbonyl (C=O) groups is 2. The Labute approximate surface area is 213 Å². The highest BCUT2D eigenvalue weighted by molar-refractivity contribution is 5.96. The average Bonchev–Trinajstić information content (AvgIpc) is 3.40. The molecule has 0 bridgehead atoms. The van der Waals surface area contributed by atoms with E-state index in [-0.39, 0.29) is 35.5 Å². The van der Waals surface area contributed by atoms with Crippen LogP contribution in [0.2, 0.25) is 0 Å². The third-order valence-electron chi connectivity index (χ3n) is 5.46. The molecule has 1 atom stereocenters. The first-order chi connectivity index (χ1) is 18.0. The first-order valence-corrected chi connectivity index (χ1v) is 11.6. The molecule has 0 radical (unpaired) electrons. The third kappa shape index (κ3) is 5.92. The molecule has 0 aliphatic carbocycles. The molecule has 0 spiro atoms. The molecular formula is C27H26N4O6. The topological polar surface area (TPSA) is 126 Å². The largest absolute Gasteiger partial charge is 0.514 e. The van der Waals surface area contributed by atoms with Gasteiger partial charge in [0.25, 0.3) is 5.91 Å². The van der Waals surface area contributed by atoms with E-state index in [1.54, 1.807) is 13.8 Å². The summed E-state index contributed by atoms with van der Waals surface area (Å²) in [7, 11) is 1.38. The van der Waals surface area contributed by atoms with Gasteiger partial charge in [0.2, 0.25) is 11.6 Å². The lowest BCUT2D eigenvalue weighted by molar-refractivity contribution is 0.0914. The van der Waals surface area contributed by atoms with Crippen LogP contribution in [0.1, 0.15) is 59.1 Å². The highest BCUT2D eigenvalue weighted by atomic mass is 16.7. The summed E-state index contributed by atoms with van der Waals surface area (Å²) in [6.45, 7) is 3.45. The summed E-state index contributed by atoms with van der Waals surface area (Å²) in [5.74, 6) is -0.252. The van der Waals surface area contributed by atoms with Crippen molar-refractivity contribution >= 4 is 12.1 Å². The van der Waals surface area contributed by atoms with Gasteiger partial charge in [-0.2, -0.15) is 4.98 Å². The quantitative estimate of drug-likeness (QED) is 0.325. The van der Waals surface area contributed by atoms with Gasteiger partial charge in [0.1, 0.15) is 0 Å². The van der Waals surface area contributed by atoms with Crippen LogP contribution in [0.15, 0.2) is 77.4 Å². The summed E-state index contributed by atoms with van der Waals surface area (Å²) >= 11 is 0. The fourth-order valence-corrected chi connectivity index (χ4v) is 3.72. The Morgan fingerprint density at radius 1 is 1.00 bits per heavy atom. The van der Waals surface area contributed by atoms with Crippen molar-refractivity contribution in [3.8, 4) is 11.5 Å². The molecule has 0 aliphatic rings. The molecule has 0 fully saturated rings. The van der Waals surface area contributed by atoms with Gasteiger partial charge in [0, 0.05) is 12.3 Å². The number of benzene rings is 2. The van der Waals surface area contributed by atoms with Crippen molar-refractivity contribution < 1.29 is 28.3 Å². The molecule has 2 heterocycles. The highest BCUT2D eigenvalue weighted by Gasteiger charge is 2.27. The number of carbonyl (C=O) groups excluding carboxylic acids is 2. The number of amides is 1. The Balaban J connectivity index is 1.58. The summed E-state index contributed by atoms with van der Waals surface area (Å²) in [5, 5.41) is 6.88. The first-order valence-electron chi connectivity index (χ1n) is 11.6. The molecule has 2 aromatic carbocycles. The summed E-state index contributed by atoms with van der Waals surface area (Å²) in [5.41, 5.74) is 1.82. The standard InChI is InChI=1S/C27H26N4O6/c1-4-35-27(33)36-23-20(34-3)15-16-28-22(23)25(32)29-17(2)24-30-26(37-31-24)21(18-11-7-5-8-12-18)19-13-9-6-10-14-19/h5-17,21H,4H2,1-3H3,(H,29,32)/t17-/m0/s1. The molecule has 2 aromatic heterocycles. The number of hydrogen-bond acceptors (Lipinski definition) is 9. The number of rotatable bonds is 9. The van der Waals surface area contributed by atoms with E-state index in [0.29, 0.717) is 5.89 Å². The van der Waals surface area contributed by atoms with Crippen molar-refractivity contribution in [3.05, 3.63) is 101 Å². The van der Waals surface area contributed by atoms with Crippen LogP contribution in [0.4, 0.5) is 4.79 Å². The molecule has 0 unspecified atom stereocenters. The Kier molecular flexibility index (Phi) is 8.09. The number of aromatic nitrogens is 3. The van der Waals surface area contributed by atoms with Crippen molar-refractivity contribution in [1.82, 2.24) is 20.4 Å². The van der Waals surface area contributed by atoms with Gasteiger partial charge in [-0.3, -0.25) is 4.79 Å². The number of pyridine rings is 1. The Morgan fingerprint density at radius 3 is 2.24 bits per heavy atom. The molecule has 190 valence electrons. The zero-order valence-corrected chi connectivity index (χ0v) is 20.6. The summed E-state index contributed by atoms with van der Waals surface area (Å²) < 4.78 is 20.9. The van der Waals surface area contributed by atoms with Crippen LogP contribution in [0.3, 0.4) is 0 Å². The van der Waals surface area contributed by atoms with Crippen molar-refractivity contribution in [2.75, 3.05) is 13.7 Å². The van der Waals surface area contributed by atoms with E-state index in [2.05, 4.69) is 20.4 Å². The van der Waals surface area contributed by atoms with Crippen LogP contribution < -0.4 is 14.8 Å². The van der Waals surface area contributed by atoms with E-state index >= 15 is 0 Å². The van der Waals surface area contributed by atoms with Crippen molar-refractivity contribution in [2.45, 2.75) is 25.8 Å². The van der Waals surface area contributed by atoms with Crippen LogP contribution in [-0.2, 0) is 4.74 Å². The molecule has 37 heavy (non-hydrogen) atoms. The van der Waals surface area contributed by atoms with E-state index in [1.807, 2.05) is 60.7 Å². The SMILES string of the molecule is CCOC(=O)Oc1c(OC)ccnc1C(=O)N[C@@H](C)c1noc(C(c2ccccc2)c2ccccc2)n1. The smallest absolute Gasteiger partial charge is 0.493 e. The lowest BCUT2D eigenvalue weighted by Crippen LogP contribution is -2.29. The van der Waals surface area contributed by atoms with E-state index in [0.717, 1.165) is 11.1 Å². The molecule has 1 N–H and O–H groups in total. The fourth-order valence-electron chi connectivity index (χ4n) is 3.72. The van der Waals surface area contributed by atoms with Gasteiger partial charge in [-0.05, 0) is 25.0 Å². The average molecular weight is 503 g/mol. The van der Waals surface area contributed by atoms with Crippen molar-refractivity contribution in [1.29, 1.82) is 0 Å². The second kappa shape index (κ2) is 11.8. The maximum Gasteiger partial charge on any atom is 0.514 e. The lowest BCUT2D eigenvalue weighted by atomic mass is 9.91. The minimum Gasteiger partial charge on any atom is -0.493 e. The molecule has 1 amide bonds. The Morgan fingerprint density at radius 2 is 1.65 bits per heavy atom. The zero-order chi connectivity index (χ0) is 26.2. The van der Waals surface area contributed by atoms with E-state index in [1.165, 1.54) is 19.4 Å². The van der Waals surface area contributed by atoms with Gasteiger partial charge in [-0.15, -0.1) is 0 Å². The highest BCUT2D eigenvalue weighted by Crippen LogP contribution is 2.32. The number of nitrogens with one attached hydrogen (secondary N) is 1. The minimum atomic E-state index is -0.980. The van der Waals surface area contributed by atoms with Crippen LogP contribution in [-0.4, -0.2) is 40.9 Å². The van der Waals surface area contributed by atoms with E-state index in [9.17, 15) is 9.59 Å². The van der Waals surface area contributed by atoms with Gasteiger partial charge < -0.3 is 24.1 Å². The van der Waals surface area contributed by atoms with E-state index in [4.69, 9.17) is 18.7 Å². The fraction of sp³-hybridized carbons (Fsp3) is 0.222. The molecule has 0 saturated heterocycles. The molecule has 10 nitrogen and oxygen atoms in total. The Bertz CT molecular complexity index is 1300. The molecule has 0 saturated carbocycles. The van der Waals surface area contributed by atoms with Gasteiger partial charge in [-0.1, -0.05) is 65.8 Å². The summed E-state index contributed by atoms with van der Waals surface area (Å²) in [4.78, 5) is 33.7. The van der Waals surface area contributed by atoms with E-state index < -0.39 is 18.1 Å². The molecule has 4 aromatic rings. The van der Waals surface area contributed by atoms with Crippen LogP contribution in [0.5, 0.6) is 11.5 Å². The Hall–Kier alpha value is -4.73. The number of methoxy groups -OCH3 is 1. The minimum absolute atomic E-state index is 0.104. The second-order valence-electron chi connectivity index (χ2n) is 7.92. The van der Waals surface area contributed by atoms with Gasteiger partial charge in [-0.25, -0.2) is 9.78 Å². The third-order valence-corrected chi connectivity index (χ3v) is 5.46. The monoisotopic (exact) mass is 502 g/mol. The number of ether oxygens (including phenoxy) is 3. The maximum atomic E-state index is 13.1. The molecule has 4 rings (SSSR count). The van der Waals surface area contributed by atoms with Crippen LogP contribution >= 0.6 is 0 Å². The summed E-state index contributed by atoms with van der Waals surface area (Å²) in [6.07, 6.45) is 0.388. The predicted octanol–water partition coefficient (Wildman–Crippen LogP) is 4.68. The molecule has 0 aliphatic heterocycles. The van der Waals surface area contributed by atoms with Crippen molar-refractivity contribution in [2.24, 2.45) is 0 Å². The van der Waals surface area contributed by atoms with Crippen LogP contribution in [0, 0.1) is 0 Å². The number of hydrogen-bond donors (Lipinski definition) is 1. The molecular weight excluding hydrogens is 476 g/mol. The summed E-state index contributed by atoms with van der Waals surface area (Å²) in [6, 6.07) is 20.4. The van der Waals surface area contributed by atoms with Crippen molar-refractivity contribution in [3.63, 3.8) is 0 Å². The number of nitrogens with zero attached hydrogens (tertiary/aromatic N) is 3. The lowest BCUT2D eigenvalue weighted by Gasteiger charge is -2.15. The second-order valence-corrected chi connectivity index (χ2v) is 7.92. The van der Waals surface area contributed by atoms with Gasteiger partial charge in [0.15, 0.2) is 17.3 Å². The zero-order valence-electron chi connectivity index (χ0n) is 20.6.